The van der Waals surface area contributed by atoms with Gasteiger partial charge in [-0.3, -0.25) is 5.32 Å². The highest BCUT2D eigenvalue weighted by atomic mass is 35.5. The molecule has 0 atom stereocenters. The Balaban J connectivity index is 2.00. The van der Waals surface area contributed by atoms with Crippen molar-refractivity contribution in [2.45, 2.75) is 6.61 Å². The highest BCUT2D eigenvalue weighted by Crippen LogP contribution is 2.23. The molecule has 6 heteroatoms. The van der Waals surface area contributed by atoms with E-state index in [1.54, 1.807) is 0 Å². The van der Waals surface area contributed by atoms with Crippen molar-refractivity contribution >= 4 is 29.4 Å². The Hall–Kier alpha value is -2.53. The molecular formula is C16H14ClNO4. The maximum atomic E-state index is 11.8. The molecule has 0 aromatic heterocycles. The number of carbonyl (C=O) groups is 2. The van der Waals surface area contributed by atoms with Crippen LogP contribution in [0.3, 0.4) is 0 Å². The van der Waals surface area contributed by atoms with Crippen LogP contribution >= 0.6 is 11.6 Å². The largest absolute Gasteiger partial charge is 0.465 e. The van der Waals surface area contributed by atoms with E-state index in [0.29, 0.717) is 5.02 Å². The summed E-state index contributed by atoms with van der Waals surface area (Å²) in [6.07, 6.45) is -0.659. The van der Waals surface area contributed by atoms with Crippen molar-refractivity contribution in [2.24, 2.45) is 0 Å². The van der Waals surface area contributed by atoms with Gasteiger partial charge in [-0.15, -0.1) is 0 Å². The van der Waals surface area contributed by atoms with Crippen LogP contribution in [0, 0.1) is 0 Å². The lowest BCUT2D eigenvalue weighted by atomic mass is 10.2. The fourth-order valence-electron chi connectivity index (χ4n) is 1.74. The van der Waals surface area contributed by atoms with Crippen LogP contribution in [0.5, 0.6) is 0 Å². The Kier molecular flexibility index (Phi) is 5.38. The molecule has 0 spiro atoms. The van der Waals surface area contributed by atoms with E-state index in [-0.39, 0.29) is 17.9 Å². The van der Waals surface area contributed by atoms with Gasteiger partial charge in [0, 0.05) is 0 Å². The summed E-state index contributed by atoms with van der Waals surface area (Å²) in [5.74, 6) is -0.516. The molecule has 5 nitrogen and oxygen atoms in total. The molecule has 0 aliphatic rings. The van der Waals surface area contributed by atoms with Gasteiger partial charge in [0.05, 0.1) is 23.4 Å². The maximum absolute atomic E-state index is 11.8. The number of hydrogen-bond donors (Lipinski definition) is 1. The number of carbonyl (C=O) groups excluding carboxylic acids is 2. The third-order valence-electron chi connectivity index (χ3n) is 2.84. The van der Waals surface area contributed by atoms with Crippen LogP contribution in [0.1, 0.15) is 15.9 Å². The second kappa shape index (κ2) is 7.47. The Morgan fingerprint density at radius 2 is 1.86 bits per heavy atom. The Morgan fingerprint density at radius 1 is 1.14 bits per heavy atom. The summed E-state index contributed by atoms with van der Waals surface area (Å²) in [5.41, 5.74) is 1.43. The van der Waals surface area contributed by atoms with E-state index < -0.39 is 12.1 Å². The van der Waals surface area contributed by atoms with E-state index in [9.17, 15) is 9.59 Å². The first-order chi connectivity index (χ1) is 10.6. The first-order valence-electron chi connectivity index (χ1n) is 6.45. The number of ether oxygens (including phenoxy) is 2. The number of esters is 1. The van der Waals surface area contributed by atoms with Crippen LogP contribution in [-0.4, -0.2) is 19.2 Å². The van der Waals surface area contributed by atoms with E-state index >= 15 is 0 Å². The number of halogens is 1. The summed E-state index contributed by atoms with van der Waals surface area (Å²) >= 11 is 5.98. The number of anilines is 1. The van der Waals surface area contributed by atoms with Crippen LogP contribution in [0.4, 0.5) is 10.5 Å². The summed E-state index contributed by atoms with van der Waals surface area (Å²) in [4.78, 5) is 23.2. The van der Waals surface area contributed by atoms with Crippen molar-refractivity contribution in [3.05, 3.63) is 64.7 Å². The SMILES string of the molecule is COC(=O)c1ccc(Cl)c(NC(=O)OCc2ccccc2)c1. The van der Waals surface area contributed by atoms with E-state index in [1.807, 2.05) is 30.3 Å². The Morgan fingerprint density at radius 3 is 2.55 bits per heavy atom. The summed E-state index contributed by atoms with van der Waals surface area (Å²) in [6, 6.07) is 13.7. The standard InChI is InChI=1S/C16H14ClNO4/c1-21-15(19)12-7-8-13(17)14(9-12)18-16(20)22-10-11-5-3-2-4-6-11/h2-9H,10H2,1H3,(H,18,20). The molecular weight excluding hydrogens is 306 g/mol. The minimum absolute atomic E-state index is 0.140. The highest BCUT2D eigenvalue weighted by molar-refractivity contribution is 6.33. The maximum Gasteiger partial charge on any atom is 0.412 e. The molecule has 0 unspecified atom stereocenters. The zero-order valence-corrected chi connectivity index (χ0v) is 12.6. The molecule has 0 aliphatic carbocycles. The zero-order chi connectivity index (χ0) is 15.9. The summed E-state index contributed by atoms with van der Waals surface area (Å²) in [5, 5.41) is 2.79. The molecule has 0 saturated carbocycles. The van der Waals surface area contributed by atoms with Gasteiger partial charge in [0.25, 0.3) is 0 Å². The van der Waals surface area contributed by atoms with Gasteiger partial charge in [-0.25, -0.2) is 9.59 Å². The molecule has 114 valence electrons. The number of hydrogen-bond acceptors (Lipinski definition) is 4. The van der Waals surface area contributed by atoms with Gasteiger partial charge >= 0.3 is 12.1 Å². The van der Waals surface area contributed by atoms with Crippen molar-refractivity contribution in [3.63, 3.8) is 0 Å². The Bertz CT molecular complexity index is 673. The van der Waals surface area contributed by atoms with Crippen molar-refractivity contribution in [1.29, 1.82) is 0 Å². The molecule has 2 aromatic carbocycles. The first kappa shape index (κ1) is 15.9. The summed E-state index contributed by atoms with van der Waals surface area (Å²) < 4.78 is 9.70. The summed E-state index contributed by atoms with van der Waals surface area (Å²) in [6.45, 7) is 0.140. The lowest BCUT2D eigenvalue weighted by molar-refractivity contribution is 0.0600. The van der Waals surface area contributed by atoms with E-state index in [1.165, 1.54) is 25.3 Å². The van der Waals surface area contributed by atoms with Crippen molar-refractivity contribution in [2.75, 3.05) is 12.4 Å². The van der Waals surface area contributed by atoms with Gasteiger partial charge in [0.2, 0.25) is 0 Å². The zero-order valence-electron chi connectivity index (χ0n) is 11.8. The second-order valence-corrected chi connectivity index (χ2v) is 4.78. The molecule has 0 radical (unpaired) electrons. The number of nitrogens with one attached hydrogen (secondary N) is 1. The third-order valence-corrected chi connectivity index (χ3v) is 3.17. The topological polar surface area (TPSA) is 64.6 Å². The lowest BCUT2D eigenvalue weighted by Crippen LogP contribution is -2.14. The van der Waals surface area contributed by atoms with E-state index in [4.69, 9.17) is 16.3 Å². The molecule has 0 bridgehead atoms. The lowest BCUT2D eigenvalue weighted by Gasteiger charge is -2.09. The van der Waals surface area contributed by atoms with Crippen LogP contribution in [0.15, 0.2) is 48.5 Å². The molecule has 2 rings (SSSR count). The first-order valence-corrected chi connectivity index (χ1v) is 6.83. The van der Waals surface area contributed by atoms with Crippen molar-refractivity contribution < 1.29 is 19.1 Å². The molecule has 22 heavy (non-hydrogen) atoms. The van der Waals surface area contributed by atoms with Crippen LogP contribution in [-0.2, 0) is 16.1 Å². The minimum Gasteiger partial charge on any atom is -0.465 e. The molecule has 0 aliphatic heterocycles. The van der Waals surface area contributed by atoms with Gasteiger partial charge in [-0.2, -0.15) is 0 Å². The second-order valence-electron chi connectivity index (χ2n) is 4.37. The average Bonchev–Trinajstić information content (AvgIpc) is 2.55. The van der Waals surface area contributed by atoms with Gasteiger partial charge < -0.3 is 9.47 Å². The van der Waals surface area contributed by atoms with Crippen LogP contribution in [0.25, 0.3) is 0 Å². The molecule has 1 amide bonds. The van der Waals surface area contributed by atoms with Gasteiger partial charge in [-0.1, -0.05) is 41.9 Å². The average molecular weight is 320 g/mol. The third kappa shape index (κ3) is 4.23. The minimum atomic E-state index is -0.659. The van der Waals surface area contributed by atoms with Crippen LogP contribution < -0.4 is 5.32 Å². The molecule has 2 aromatic rings. The van der Waals surface area contributed by atoms with E-state index in [0.717, 1.165) is 5.56 Å². The van der Waals surface area contributed by atoms with Gasteiger partial charge in [-0.05, 0) is 23.8 Å². The predicted molar refractivity (Wildman–Crippen MR) is 83.0 cm³/mol. The molecule has 1 N–H and O–H groups in total. The smallest absolute Gasteiger partial charge is 0.412 e. The fraction of sp³-hybridized carbons (Fsp3) is 0.125. The van der Waals surface area contributed by atoms with Gasteiger partial charge in [0.1, 0.15) is 6.61 Å². The fourth-order valence-corrected chi connectivity index (χ4v) is 1.90. The number of amides is 1. The molecule has 0 heterocycles. The van der Waals surface area contributed by atoms with E-state index in [2.05, 4.69) is 10.1 Å². The molecule has 0 saturated heterocycles. The molecule has 0 fully saturated rings. The highest BCUT2D eigenvalue weighted by Gasteiger charge is 2.12. The normalized spacial score (nSPS) is 9.91. The van der Waals surface area contributed by atoms with Crippen LogP contribution in [0.2, 0.25) is 5.02 Å². The monoisotopic (exact) mass is 319 g/mol. The number of methoxy groups -OCH3 is 1. The predicted octanol–water partition coefficient (Wildman–Crippen LogP) is 3.88. The summed E-state index contributed by atoms with van der Waals surface area (Å²) in [7, 11) is 1.28. The van der Waals surface area contributed by atoms with Gasteiger partial charge in [0.15, 0.2) is 0 Å². The van der Waals surface area contributed by atoms with Crippen molar-refractivity contribution in [1.82, 2.24) is 0 Å². The Labute approximate surface area is 132 Å². The number of rotatable bonds is 4. The van der Waals surface area contributed by atoms with Crippen molar-refractivity contribution in [3.8, 4) is 0 Å². The number of benzene rings is 2. The quantitative estimate of drug-likeness (QED) is 0.869.